The van der Waals surface area contributed by atoms with Crippen LogP contribution in [0.5, 0.6) is 0 Å². The summed E-state index contributed by atoms with van der Waals surface area (Å²) in [6.45, 7) is 8.33. The van der Waals surface area contributed by atoms with E-state index in [9.17, 15) is 14.9 Å². The number of anilines is 1. The Kier molecular flexibility index (Phi) is 8.25. The maximum absolute atomic E-state index is 13.2. The number of esters is 1. The molecule has 1 saturated heterocycles. The fourth-order valence-corrected chi connectivity index (χ4v) is 6.45. The van der Waals surface area contributed by atoms with Gasteiger partial charge in [0.1, 0.15) is 10.9 Å². The van der Waals surface area contributed by atoms with Gasteiger partial charge in [0.15, 0.2) is 0 Å². The summed E-state index contributed by atoms with van der Waals surface area (Å²) in [5.41, 5.74) is 4.24. The first kappa shape index (κ1) is 27.2. The Morgan fingerprint density at radius 3 is 2.62 bits per heavy atom. The Bertz CT molecular complexity index is 1380. The zero-order valence-electron chi connectivity index (χ0n) is 21.9. The topological polar surface area (TPSA) is 101 Å². The fourth-order valence-electron chi connectivity index (χ4n) is 5.41. The van der Waals surface area contributed by atoms with Gasteiger partial charge in [0, 0.05) is 79.2 Å². The second-order valence-corrected chi connectivity index (χ2v) is 10.9. The number of nitro benzene ring substituents is 1. The molecule has 0 N–H and O–H groups in total. The van der Waals surface area contributed by atoms with Crippen LogP contribution < -0.4 is 4.90 Å². The summed E-state index contributed by atoms with van der Waals surface area (Å²) in [6, 6.07) is 14.5. The molecule has 3 heterocycles. The number of carbonyl (C=O) groups is 1. The minimum Gasteiger partial charge on any atom is -0.465 e. The zero-order valence-corrected chi connectivity index (χ0v) is 23.5. The second kappa shape index (κ2) is 11.8. The van der Waals surface area contributed by atoms with E-state index in [0.29, 0.717) is 17.7 Å². The van der Waals surface area contributed by atoms with Crippen molar-refractivity contribution in [2.24, 2.45) is 10.9 Å². The van der Waals surface area contributed by atoms with E-state index in [0.717, 1.165) is 54.0 Å². The Morgan fingerprint density at radius 1 is 1.18 bits per heavy atom. The predicted molar refractivity (Wildman–Crippen MR) is 154 cm³/mol. The fraction of sp³-hybridized carbons (Fsp3) is 0.393. The summed E-state index contributed by atoms with van der Waals surface area (Å²) in [6.07, 6.45) is 0.697. The first-order chi connectivity index (χ1) is 18.9. The smallest absolute Gasteiger partial charge is 0.315 e. The first-order valence-electron chi connectivity index (χ1n) is 13.0. The lowest BCUT2D eigenvalue weighted by atomic mass is 9.76. The monoisotopic (exact) mass is 567 g/mol. The van der Waals surface area contributed by atoms with Crippen LogP contribution in [0.2, 0.25) is 5.02 Å². The number of aromatic nitrogens is 1. The number of piperazine rings is 1. The van der Waals surface area contributed by atoms with Crippen LogP contribution >= 0.6 is 23.1 Å². The van der Waals surface area contributed by atoms with Crippen molar-refractivity contribution in [1.29, 1.82) is 0 Å². The van der Waals surface area contributed by atoms with Crippen LogP contribution in [0.25, 0.3) is 0 Å². The Labute approximate surface area is 236 Å². The molecule has 2 aliphatic rings. The van der Waals surface area contributed by atoms with Crippen molar-refractivity contribution in [3.63, 3.8) is 0 Å². The van der Waals surface area contributed by atoms with Gasteiger partial charge >= 0.3 is 5.97 Å². The van der Waals surface area contributed by atoms with E-state index in [1.807, 2.05) is 25.1 Å². The van der Waals surface area contributed by atoms with E-state index in [1.54, 1.807) is 19.1 Å². The molecule has 39 heavy (non-hydrogen) atoms. The van der Waals surface area contributed by atoms with E-state index in [2.05, 4.69) is 21.9 Å². The summed E-state index contributed by atoms with van der Waals surface area (Å²) >= 11 is 7.36. The molecular formula is C28H30ClN5O4S. The molecule has 11 heteroatoms. The maximum atomic E-state index is 13.2. The lowest BCUT2D eigenvalue weighted by molar-refractivity contribution is -0.384. The molecule has 2 aromatic carbocycles. The van der Waals surface area contributed by atoms with E-state index in [1.165, 1.54) is 23.3 Å². The van der Waals surface area contributed by atoms with Gasteiger partial charge in [-0.05, 0) is 55.2 Å². The van der Waals surface area contributed by atoms with Crippen LogP contribution in [0.1, 0.15) is 36.6 Å². The molecule has 0 saturated carbocycles. The lowest BCUT2D eigenvalue weighted by Crippen LogP contribution is -2.47. The number of aliphatic imine (C=N–C) groups is 1. The molecule has 9 nitrogen and oxygen atoms in total. The molecule has 1 aromatic heterocycles. The van der Waals surface area contributed by atoms with Crippen LogP contribution in [0.3, 0.4) is 0 Å². The SMILES string of the molecule is CCOC(=O)C1C(C)=Nc2snc(CCN3CCN(c4ccc(Cl)cc4)CC3)c2C1c1cccc([N+](=O)[O-])c1. The maximum Gasteiger partial charge on any atom is 0.315 e. The summed E-state index contributed by atoms with van der Waals surface area (Å²) in [5, 5.41) is 13.0. The number of non-ortho nitro benzene ring substituents is 1. The second-order valence-electron chi connectivity index (χ2n) is 9.72. The highest BCUT2D eigenvalue weighted by molar-refractivity contribution is 7.10. The molecule has 0 bridgehead atoms. The van der Waals surface area contributed by atoms with Crippen LogP contribution in [-0.2, 0) is 16.0 Å². The Balaban J connectivity index is 1.37. The van der Waals surface area contributed by atoms with E-state index < -0.39 is 16.8 Å². The average molecular weight is 568 g/mol. The van der Waals surface area contributed by atoms with Crippen LogP contribution in [0.4, 0.5) is 16.4 Å². The van der Waals surface area contributed by atoms with E-state index in [-0.39, 0.29) is 18.3 Å². The highest BCUT2D eigenvalue weighted by Crippen LogP contribution is 2.47. The van der Waals surface area contributed by atoms with Crippen molar-refractivity contribution in [3.8, 4) is 0 Å². The van der Waals surface area contributed by atoms with Gasteiger partial charge in [-0.2, -0.15) is 4.37 Å². The molecular weight excluding hydrogens is 538 g/mol. The van der Waals surface area contributed by atoms with Gasteiger partial charge in [-0.15, -0.1) is 0 Å². The molecule has 1 fully saturated rings. The summed E-state index contributed by atoms with van der Waals surface area (Å²) < 4.78 is 10.2. The zero-order chi connectivity index (χ0) is 27.5. The number of ether oxygens (including phenoxy) is 1. The summed E-state index contributed by atoms with van der Waals surface area (Å²) in [5.74, 6) is -1.50. The molecule has 0 radical (unpaired) electrons. The molecule has 204 valence electrons. The van der Waals surface area contributed by atoms with E-state index >= 15 is 0 Å². The summed E-state index contributed by atoms with van der Waals surface area (Å²) in [4.78, 5) is 33.8. The standard InChI is InChI=1S/C28H30ClN5O4S/c1-3-38-28(35)24-18(2)30-27-26(25(24)19-5-4-6-22(17-19)34(36)37)23(31-39-27)11-12-32-13-15-33(16-14-32)21-9-7-20(29)8-10-21/h4-10,17,24-25H,3,11-16H2,1-2H3. The van der Waals surface area contributed by atoms with Crippen molar-refractivity contribution in [2.75, 3.05) is 44.2 Å². The number of hydrogen-bond acceptors (Lipinski definition) is 9. The molecule has 2 unspecified atom stereocenters. The highest BCUT2D eigenvalue weighted by atomic mass is 35.5. The lowest BCUT2D eigenvalue weighted by Gasteiger charge is -2.36. The molecule has 2 aliphatic heterocycles. The number of halogens is 1. The van der Waals surface area contributed by atoms with Gasteiger partial charge in [0.2, 0.25) is 0 Å². The summed E-state index contributed by atoms with van der Waals surface area (Å²) in [7, 11) is 0. The van der Waals surface area contributed by atoms with Gasteiger partial charge < -0.3 is 9.64 Å². The van der Waals surface area contributed by atoms with Gasteiger partial charge in [-0.1, -0.05) is 23.7 Å². The minimum absolute atomic E-state index is 0.0138. The quantitative estimate of drug-likeness (QED) is 0.202. The number of hydrogen-bond donors (Lipinski definition) is 0. The number of benzene rings is 2. The van der Waals surface area contributed by atoms with Crippen molar-refractivity contribution >= 4 is 51.2 Å². The minimum atomic E-state index is -0.669. The van der Waals surface area contributed by atoms with Gasteiger partial charge in [0.05, 0.1) is 17.2 Å². The van der Waals surface area contributed by atoms with Crippen molar-refractivity contribution in [3.05, 3.63) is 80.5 Å². The molecule has 2 atom stereocenters. The van der Waals surface area contributed by atoms with Crippen molar-refractivity contribution in [2.45, 2.75) is 26.2 Å². The number of nitrogens with zero attached hydrogens (tertiary/aromatic N) is 5. The number of nitro groups is 1. The third-order valence-corrected chi connectivity index (χ3v) is 8.41. The largest absolute Gasteiger partial charge is 0.465 e. The van der Waals surface area contributed by atoms with Crippen LogP contribution in [-0.4, -0.2) is 65.2 Å². The normalized spacial score (nSPS) is 19.4. The van der Waals surface area contributed by atoms with Crippen molar-refractivity contribution in [1.82, 2.24) is 9.27 Å². The first-order valence-corrected chi connectivity index (χ1v) is 14.2. The molecule has 0 spiro atoms. The number of fused-ring (bicyclic) bond motifs is 1. The highest BCUT2D eigenvalue weighted by Gasteiger charge is 2.41. The van der Waals surface area contributed by atoms with Crippen molar-refractivity contribution < 1.29 is 14.5 Å². The number of carbonyl (C=O) groups excluding carboxylic acids is 1. The van der Waals surface area contributed by atoms with Gasteiger partial charge in [-0.25, -0.2) is 4.99 Å². The number of rotatable bonds is 8. The molecule has 3 aromatic rings. The molecule has 0 aliphatic carbocycles. The van der Waals surface area contributed by atoms with Crippen LogP contribution in [0.15, 0.2) is 53.5 Å². The third kappa shape index (κ3) is 5.83. The molecule has 0 amide bonds. The van der Waals surface area contributed by atoms with Gasteiger partial charge in [0.25, 0.3) is 5.69 Å². The Morgan fingerprint density at radius 2 is 1.92 bits per heavy atom. The van der Waals surface area contributed by atoms with Gasteiger partial charge in [-0.3, -0.25) is 19.8 Å². The average Bonchev–Trinajstić information content (AvgIpc) is 3.34. The molecule has 5 rings (SSSR count). The predicted octanol–water partition coefficient (Wildman–Crippen LogP) is 5.49. The van der Waals surface area contributed by atoms with Crippen LogP contribution in [0, 0.1) is 16.0 Å². The van der Waals surface area contributed by atoms with E-state index in [4.69, 9.17) is 25.7 Å². The Hall–Kier alpha value is -3.34. The third-order valence-electron chi connectivity index (χ3n) is 7.37.